The van der Waals surface area contributed by atoms with Crippen molar-refractivity contribution >= 4 is 5.91 Å². The quantitative estimate of drug-likeness (QED) is 0.677. The Balaban J connectivity index is 1.77. The second-order valence-electron chi connectivity index (χ2n) is 7.40. The molecule has 0 atom stereocenters. The molecule has 5 rings (SSSR count). The predicted molar refractivity (Wildman–Crippen MR) is 99.3 cm³/mol. The summed E-state index contributed by atoms with van der Waals surface area (Å²) in [5.41, 5.74) is 6.63. The van der Waals surface area contributed by atoms with Crippen molar-refractivity contribution in [3.05, 3.63) is 65.2 Å². The van der Waals surface area contributed by atoms with Gasteiger partial charge in [0.15, 0.2) is 0 Å². The maximum atomic E-state index is 13.0. The van der Waals surface area contributed by atoms with E-state index in [0.717, 1.165) is 41.0 Å². The Labute approximate surface area is 152 Å². The Kier molecular flexibility index (Phi) is 2.97. The number of carbonyl (C=O) groups excluding carboxylic acids is 1. The van der Waals surface area contributed by atoms with Gasteiger partial charge in [0.05, 0.1) is 16.9 Å². The summed E-state index contributed by atoms with van der Waals surface area (Å²) in [7, 11) is 1.91. The molecule has 130 valence electrons. The van der Waals surface area contributed by atoms with E-state index in [9.17, 15) is 4.79 Å². The van der Waals surface area contributed by atoms with Gasteiger partial charge in [0.1, 0.15) is 5.69 Å². The minimum atomic E-state index is -0.189. The molecule has 0 bridgehead atoms. The van der Waals surface area contributed by atoms with E-state index < -0.39 is 0 Å². The van der Waals surface area contributed by atoms with Crippen molar-refractivity contribution < 1.29 is 4.79 Å². The van der Waals surface area contributed by atoms with E-state index in [4.69, 9.17) is 0 Å². The molecule has 3 aromatic rings. The molecular formula is C21H20N4O. The number of rotatable bonds is 1. The smallest absolute Gasteiger partial charge is 0.273 e. The highest BCUT2D eigenvalue weighted by Crippen LogP contribution is 2.54. The Morgan fingerprint density at radius 2 is 1.77 bits per heavy atom. The van der Waals surface area contributed by atoms with Crippen molar-refractivity contribution in [3.63, 3.8) is 0 Å². The van der Waals surface area contributed by atoms with Crippen molar-refractivity contribution in [1.29, 1.82) is 0 Å². The van der Waals surface area contributed by atoms with Crippen molar-refractivity contribution in [1.82, 2.24) is 19.7 Å². The first-order valence-electron chi connectivity index (χ1n) is 8.92. The van der Waals surface area contributed by atoms with Crippen LogP contribution < -0.4 is 0 Å². The van der Waals surface area contributed by atoms with Crippen LogP contribution in [0.5, 0.6) is 0 Å². The first-order valence-corrected chi connectivity index (χ1v) is 8.92. The number of nitrogens with zero attached hydrogens (tertiary/aromatic N) is 4. The second kappa shape index (κ2) is 5.04. The zero-order chi connectivity index (χ0) is 18.1. The molecular weight excluding hydrogens is 324 g/mol. The van der Waals surface area contributed by atoms with Crippen LogP contribution in [0.3, 0.4) is 0 Å². The fourth-order valence-electron chi connectivity index (χ4n) is 4.02. The Hall–Kier alpha value is -2.95. The predicted octanol–water partition coefficient (Wildman–Crippen LogP) is 3.63. The maximum absolute atomic E-state index is 13.0. The molecule has 2 aromatic heterocycles. The van der Waals surface area contributed by atoms with Crippen LogP contribution in [0.25, 0.3) is 16.8 Å². The van der Waals surface area contributed by atoms with Gasteiger partial charge in [-0.1, -0.05) is 18.2 Å². The summed E-state index contributed by atoms with van der Waals surface area (Å²) in [6.07, 6.45) is 3.89. The topological polar surface area (TPSA) is 51.0 Å². The number of aryl methyl sites for hydroxylation is 2. The molecule has 1 aliphatic heterocycles. The standard InChI is InChI=1S/C21H20N4O/c1-13-4-5-16(12-22-13)15-6-7-17-18(11-15)25-19(10-14(2)23-25)20(26)24(3)21(17)8-9-21/h4-7,10-12H,8-9H2,1-3H3. The number of fused-ring (bicyclic) bond motifs is 4. The Bertz CT molecular complexity index is 1040. The van der Waals surface area contributed by atoms with Crippen LogP contribution in [0, 0.1) is 13.8 Å². The van der Waals surface area contributed by atoms with Crippen molar-refractivity contribution in [2.75, 3.05) is 7.05 Å². The maximum Gasteiger partial charge on any atom is 0.273 e. The number of aromatic nitrogens is 3. The van der Waals surface area contributed by atoms with Gasteiger partial charge in [-0.2, -0.15) is 5.10 Å². The van der Waals surface area contributed by atoms with Crippen molar-refractivity contribution in [3.8, 4) is 16.8 Å². The number of amides is 1. The van der Waals surface area contributed by atoms with Gasteiger partial charge in [-0.05, 0) is 50.5 Å². The van der Waals surface area contributed by atoms with Crippen LogP contribution in [0.2, 0.25) is 0 Å². The molecule has 3 heterocycles. The lowest BCUT2D eigenvalue weighted by atomic mass is 9.97. The zero-order valence-electron chi connectivity index (χ0n) is 15.2. The third-order valence-electron chi connectivity index (χ3n) is 5.69. The second-order valence-corrected chi connectivity index (χ2v) is 7.40. The van der Waals surface area contributed by atoms with Gasteiger partial charge in [-0.15, -0.1) is 0 Å². The van der Waals surface area contributed by atoms with Gasteiger partial charge >= 0.3 is 0 Å². The van der Waals surface area contributed by atoms with Crippen LogP contribution in [0.15, 0.2) is 42.6 Å². The monoisotopic (exact) mass is 344 g/mol. The lowest BCUT2D eigenvalue weighted by Gasteiger charge is -2.27. The van der Waals surface area contributed by atoms with E-state index in [-0.39, 0.29) is 11.4 Å². The molecule has 1 fully saturated rings. The average Bonchev–Trinajstić information content (AvgIpc) is 3.37. The fourth-order valence-corrected chi connectivity index (χ4v) is 4.02. The number of hydrogen-bond acceptors (Lipinski definition) is 3. The number of carbonyl (C=O) groups is 1. The molecule has 26 heavy (non-hydrogen) atoms. The van der Waals surface area contributed by atoms with Crippen molar-refractivity contribution in [2.24, 2.45) is 0 Å². The summed E-state index contributed by atoms with van der Waals surface area (Å²) in [6, 6.07) is 12.4. The van der Waals surface area contributed by atoms with Crippen LogP contribution in [0.1, 0.15) is 40.3 Å². The average molecular weight is 344 g/mol. The van der Waals surface area contributed by atoms with Gasteiger partial charge < -0.3 is 4.90 Å². The highest BCUT2D eigenvalue weighted by molar-refractivity contribution is 5.95. The van der Waals surface area contributed by atoms with Gasteiger partial charge in [0.25, 0.3) is 5.91 Å². The Morgan fingerprint density at radius 1 is 1.00 bits per heavy atom. The van der Waals surface area contributed by atoms with E-state index >= 15 is 0 Å². The molecule has 5 nitrogen and oxygen atoms in total. The van der Waals surface area contributed by atoms with Gasteiger partial charge in [0.2, 0.25) is 0 Å². The summed E-state index contributed by atoms with van der Waals surface area (Å²) in [4.78, 5) is 19.3. The van der Waals surface area contributed by atoms with Gasteiger partial charge in [-0.3, -0.25) is 9.78 Å². The molecule has 0 saturated heterocycles. The molecule has 1 aromatic carbocycles. The van der Waals surface area contributed by atoms with Gasteiger partial charge in [0, 0.05) is 30.1 Å². The van der Waals surface area contributed by atoms with E-state index in [1.807, 2.05) is 48.8 Å². The highest BCUT2D eigenvalue weighted by Gasteiger charge is 2.53. The van der Waals surface area contributed by atoms with E-state index in [0.29, 0.717) is 5.69 Å². The number of benzene rings is 1. The third kappa shape index (κ3) is 2.00. The summed E-state index contributed by atoms with van der Waals surface area (Å²) in [5, 5.41) is 4.63. The summed E-state index contributed by atoms with van der Waals surface area (Å²) in [5.74, 6) is 0.0397. The van der Waals surface area contributed by atoms with Crippen molar-refractivity contribution in [2.45, 2.75) is 32.2 Å². The van der Waals surface area contributed by atoms with Crippen LogP contribution >= 0.6 is 0 Å². The molecule has 5 heteroatoms. The molecule has 1 aliphatic carbocycles. The summed E-state index contributed by atoms with van der Waals surface area (Å²) in [6.45, 7) is 3.91. The molecule has 1 amide bonds. The molecule has 1 spiro atoms. The lowest BCUT2D eigenvalue weighted by molar-refractivity contribution is 0.0704. The first kappa shape index (κ1) is 15.3. The zero-order valence-corrected chi connectivity index (χ0v) is 15.2. The first-order chi connectivity index (χ1) is 12.5. The largest absolute Gasteiger partial charge is 0.331 e. The van der Waals surface area contributed by atoms with Crippen LogP contribution in [0.4, 0.5) is 0 Å². The molecule has 0 N–H and O–H groups in total. The minimum absolute atomic E-state index is 0.0397. The molecule has 0 unspecified atom stereocenters. The SMILES string of the molecule is Cc1ccc(-c2ccc3c(c2)-n2nc(C)cc2C(=O)N(C)C32CC2)cn1. The molecule has 1 saturated carbocycles. The highest BCUT2D eigenvalue weighted by atomic mass is 16.2. The van der Waals surface area contributed by atoms with E-state index in [1.54, 1.807) is 0 Å². The normalized spacial score (nSPS) is 17.0. The Morgan fingerprint density at radius 3 is 2.46 bits per heavy atom. The number of hydrogen-bond donors (Lipinski definition) is 0. The third-order valence-corrected chi connectivity index (χ3v) is 5.69. The van der Waals surface area contributed by atoms with Crippen LogP contribution in [-0.4, -0.2) is 32.6 Å². The lowest BCUT2D eigenvalue weighted by Crippen LogP contribution is -2.36. The fraction of sp³-hybridized carbons (Fsp3) is 0.286. The van der Waals surface area contributed by atoms with Crippen LogP contribution in [-0.2, 0) is 5.54 Å². The molecule has 2 aliphatic rings. The summed E-state index contributed by atoms with van der Waals surface area (Å²) >= 11 is 0. The number of pyridine rings is 1. The molecule has 0 radical (unpaired) electrons. The summed E-state index contributed by atoms with van der Waals surface area (Å²) < 4.78 is 1.82. The van der Waals surface area contributed by atoms with E-state index in [2.05, 4.69) is 34.3 Å². The van der Waals surface area contributed by atoms with Gasteiger partial charge in [-0.25, -0.2) is 4.68 Å². The minimum Gasteiger partial charge on any atom is -0.331 e. The van der Waals surface area contributed by atoms with E-state index in [1.165, 1.54) is 5.56 Å².